The van der Waals surface area contributed by atoms with Gasteiger partial charge >= 0.3 is 0 Å². The van der Waals surface area contributed by atoms with Crippen LogP contribution in [0.1, 0.15) is 20.7 Å². The van der Waals surface area contributed by atoms with Crippen LogP contribution in [0.25, 0.3) is 10.9 Å². The van der Waals surface area contributed by atoms with E-state index < -0.39 is 11.8 Å². The molecule has 5 rings (SSSR count). The molecule has 0 aliphatic carbocycles. The summed E-state index contributed by atoms with van der Waals surface area (Å²) in [6.45, 7) is -0.119. The van der Waals surface area contributed by atoms with Crippen LogP contribution in [0.4, 0.5) is 17.3 Å². The van der Waals surface area contributed by atoms with Gasteiger partial charge in [0.1, 0.15) is 5.56 Å². The number of nitrogens with zero attached hydrogens (tertiary/aromatic N) is 3. The van der Waals surface area contributed by atoms with Crippen LogP contribution in [-0.4, -0.2) is 33.5 Å². The topological polar surface area (TPSA) is 126 Å². The molecule has 3 heterocycles. The normalized spacial score (nSPS) is 13.1. The number of primary amides is 1. The molecule has 160 valence electrons. The predicted molar refractivity (Wildman–Crippen MR) is 121 cm³/mol. The van der Waals surface area contributed by atoms with E-state index in [2.05, 4.69) is 20.3 Å². The largest absolute Gasteiger partial charge is 0.455 e. The maximum atomic E-state index is 13.0. The molecule has 2 aromatic heterocycles. The van der Waals surface area contributed by atoms with Crippen molar-refractivity contribution in [3.63, 3.8) is 0 Å². The summed E-state index contributed by atoms with van der Waals surface area (Å²) in [5, 5.41) is 4.36. The van der Waals surface area contributed by atoms with E-state index in [0.717, 1.165) is 5.52 Å². The third-order valence-corrected chi connectivity index (χ3v) is 5.57. The zero-order valence-electron chi connectivity index (χ0n) is 16.2. The Labute approximate surface area is 191 Å². The number of anilines is 3. The van der Waals surface area contributed by atoms with Gasteiger partial charge in [-0.05, 0) is 30.3 Å². The summed E-state index contributed by atoms with van der Waals surface area (Å²) in [7, 11) is 0. The molecule has 9 nitrogen and oxygen atoms in total. The van der Waals surface area contributed by atoms with E-state index in [1.165, 1.54) is 11.1 Å². The summed E-state index contributed by atoms with van der Waals surface area (Å²) in [4.78, 5) is 37.7. The fraction of sp³-hybridized carbons (Fsp3) is 0.0476. The molecule has 2 aromatic carbocycles. The lowest BCUT2D eigenvalue weighted by Crippen LogP contribution is -2.39. The molecule has 0 spiro atoms. The first kappa shape index (κ1) is 20.1. The molecule has 0 fully saturated rings. The molecular weight excluding hydrogens is 455 g/mol. The Balaban J connectivity index is 1.45. The SMILES string of the molecule is NC(=O)c1cc(Nc2ncc3c(n2)OCN(c2c(Cl)cccc2Cl)C3=O)cc2[nH]ccc12. The number of rotatable bonds is 4. The van der Waals surface area contributed by atoms with Gasteiger partial charge in [-0.15, -0.1) is 0 Å². The van der Waals surface area contributed by atoms with Gasteiger partial charge in [0.05, 0.1) is 21.3 Å². The van der Waals surface area contributed by atoms with Crippen LogP contribution >= 0.6 is 23.2 Å². The lowest BCUT2D eigenvalue weighted by Gasteiger charge is -2.29. The van der Waals surface area contributed by atoms with Crippen LogP contribution in [0.5, 0.6) is 5.88 Å². The highest BCUT2D eigenvalue weighted by molar-refractivity contribution is 6.40. The standard InChI is InChI=1S/C21H14Cl2N6O3/c22-14-2-1-3-15(23)17(14)29-9-32-19-13(20(29)31)8-26-21(28-19)27-10-6-12(18(24)30)11-4-5-25-16(11)7-10/h1-8,25H,9H2,(H2,24,30)(H,26,27,28). The average Bonchev–Trinajstić information content (AvgIpc) is 3.23. The van der Waals surface area contributed by atoms with Crippen molar-refractivity contribution in [1.29, 1.82) is 0 Å². The summed E-state index contributed by atoms with van der Waals surface area (Å²) >= 11 is 12.5. The number of ether oxygens (including phenoxy) is 1. The van der Waals surface area contributed by atoms with Crippen LogP contribution in [0.2, 0.25) is 10.0 Å². The molecule has 4 aromatic rings. The number of benzene rings is 2. The first-order valence-corrected chi connectivity index (χ1v) is 10.1. The quantitative estimate of drug-likeness (QED) is 0.413. The second-order valence-corrected chi connectivity index (χ2v) is 7.76. The number of amides is 2. The van der Waals surface area contributed by atoms with E-state index in [1.54, 1.807) is 42.6 Å². The van der Waals surface area contributed by atoms with Crippen LogP contribution < -0.4 is 20.7 Å². The van der Waals surface area contributed by atoms with Gasteiger partial charge < -0.3 is 20.8 Å². The number of H-pyrrole nitrogens is 1. The maximum absolute atomic E-state index is 13.0. The maximum Gasteiger partial charge on any atom is 0.268 e. The van der Waals surface area contributed by atoms with Gasteiger partial charge in [0, 0.05) is 29.0 Å². The number of hydrogen-bond donors (Lipinski definition) is 3. The van der Waals surface area contributed by atoms with E-state index in [1.807, 2.05) is 0 Å². The zero-order chi connectivity index (χ0) is 22.4. The number of halogens is 2. The Hall–Kier alpha value is -3.82. The number of nitrogens with one attached hydrogen (secondary N) is 2. The van der Waals surface area contributed by atoms with Crippen LogP contribution in [0, 0.1) is 0 Å². The third kappa shape index (κ3) is 3.37. The Morgan fingerprint density at radius 2 is 2.00 bits per heavy atom. The van der Waals surface area contributed by atoms with E-state index in [9.17, 15) is 9.59 Å². The number of hydrogen-bond acceptors (Lipinski definition) is 6. The number of carbonyl (C=O) groups is 2. The highest BCUT2D eigenvalue weighted by Crippen LogP contribution is 2.37. The van der Waals surface area contributed by atoms with E-state index in [-0.39, 0.29) is 24.1 Å². The van der Waals surface area contributed by atoms with Crippen molar-refractivity contribution in [2.24, 2.45) is 5.73 Å². The van der Waals surface area contributed by atoms with Gasteiger partial charge in [-0.3, -0.25) is 14.5 Å². The van der Waals surface area contributed by atoms with Gasteiger partial charge in [-0.25, -0.2) is 4.98 Å². The minimum absolute atomic E-state index is 0.114. The summed E-state index contributed by atoms with van der Waals surface area (Å²) in [6, 6.07) is 10.1. The van der Waals surface area contributed by atoms with Crippen molar-refractivity contribution < 1.29 is 14.3 Å². The molecule has 32 heavy (non-hydrogen) atoms. The molecule has 0 saturated carbocycles. The molecule has 0 radical (unpaired) electrons. The van der Waals surface area contributed by atoms with Crippen molar-refractivity contribution in [2.45, 2.75) is 0 Å². The van der Waals surface area contributed by atoms with Crippen LogP contribution in [0.15, 0.2) is 48.8 Å². The van der Waals surface area contributed by atoms with Gasteiger partial charge in [0.25, 0.3) is 5.91 Å². The summed E-state index contributed by atoms with van der Waals surface area (Å²) in [5.74, 6) is -0.654. The van der Waals surface area contributed by atoms with Crippen LogP contribution in [0.3, 0.4) is 0 Å². The average molecular weight is 469 g/mol. The molecular formula is C21H14Cl2N6O3. The molecule has 4 N–H and O–H groups in total. The number of para-hydroxylation sites is 1. The summed E-state index contributed by atoms with van der Waals surface area (Å²) in [6.07, 6.45) is 3.07. The van der Waals surface area contributed by atoms with Gasteiger partial charge in [-0.1, -0.05) is 29.3 Å². The van der Waals surface area contributed by atoms with E-state index in [4.69, 9.17) is 33.7 Å². The van der Waals surface area contributed by atoms with Crippen LogP contribution in [-0.2, 0) is 0 Å². The predicted octanol–water partition coefficient (Wildman–Crippen LogP) is 4.10. The van der Waals surface area contributed by atoms with E-state index in [0.29, 0.717) is 32.4 Å². The minimum atomic E-state index is -0.558. The summed E-state index contributed by atoms with van der Waals surface area (Å²) < 4.78 is 5.69. The zero-order valence-corrected chi connectivity index (χ0v) is 17.7. The Morgan fingerprint density at radius 3 is 2.75 bits per heavy atom. The lowest BCUT2D eigenvalue weighted by molar-refractivity contribution is 0.0931. The number of nitrogens with two attached hydrogens (primary N) is 1. The highest BCUT2D eigenvalue weighted by atomic mass is 35.5. The number of aromatic nitrogens is 3. The van der Waals surface area contributed by atoms with Gasteiger partial charge in [0.2, 0.25) is 17.7 Å². The van der Waals surface area contributed by atoms with E-state index >= 15 is 0 Å². The van der Waals surface area contributed by atoms with Gasteiger partial charge in [0.15, 0.2) is 6.73 Å². The molecule has 0 bridgehead atoms. The molecule has 0 unspecified atom stereocenters. The van der Waals surface area contributed by atoms with Crippen molar-refractivity contribution >= 4 is 63.2 Å². The van der Waals surface area contributed by atoms with Crippen molar-refractivity contribution in [3.8, 4) is 5.88 Å². The molecule has 1 aliphatic heterocycles. The Kier molecular flexibility index (Phi) is 4.84. The first-order chi connectivity index (χ1) is 15.4. The molecule has 11 heteroatoms. The minimum Gasteiger partial charge on any atom is -0.455 e. The number of carbonyl (C=O) groups excluding carboxylic acids is 2. The fourth-order valence-electron chi connectivity index (χ4n) is 3.50. The van der Waals surface area contributed by atoms with Crippen molar-refractivity contribution in [1.82, 2.24) is 15.0 Å². The van der Waals surface area contributed by atoms with Crippen molar-refractivity contribution in [2.75, 3.05) is 16.9 Å². The highest BCUT2D eigenvalue weighted by Gasteiger charge is 2.31. The number of aromatic amines is 1. The second kappa shape index (κ2) is 7.70. The molecule has 0 saturated heterocycles. The Morgan fingerprint density at radius 1 is 1.22 bits per heavy atom. The Bertz CT molecular complexity index is 1380. The smallest absolute Gasteiger partial charge is 0.268 e. The monoisotopic (exact) mass is 468 g/mol. The molecule has 2 amide bonds. The van der Waals surface area contributed by atoms with Gasteiger partial charge in [-0.2, -0.15) is 4.98 Å². The lowest BCUT2D eigenvalue weighted by atomic mass is 10.1. The molecule has 0 atom stereocenters. The summed E-state index contributed by atoms with van der Waals surface area (Å²) in [5.41, 5.74) is 7.63. The fourth-order valence-corrected chi connectivity index (χ4v) is 4.10. The molecule has 1 aliphatic rings. The first-order valence-electron chi connectivity index (χ1n) is 9.36. The van der Waals surface area contributed by atoms with Crippen molar-refractivity contribution in [3.05, 3.63) is 70.0 Å². The second-order valence-electron chi connectivity index (χ2n) is 6.94. The third-order valence-electron chi connectivity index (χ3n) is 4.96. The number of fused-ring (bicyclic) bond motifs is 2.